The van der Waals surface area contributed by atoms with Crippen molar-refractivity contribution in [3.05, 3.63) is 83.4 Å². The number of hydrogen-bond acceptors (Lipinski definition) is 4. The number of hydrogen-bond donors (Lipinski definition) is 2. The van der Waals surface area contributed by atoms with Crippen LogP contribution in [0.4, 0.5) is 0 Å². The number of carbonyl (C=O) groups is 2. The molecule has 0 fully saturated rings. The van der Waals surface area contributed by atoms with E-state index in [-0.39, 0.29) is 5.69 Å². The van der Waals surface area contributed by atoms with E-state index in [2.05, 4.69) is 20.9 Å². The standard InChI is InChI=1S/C20H19N5O2/c1-14-17(15(2)25(24-14)16-8-4-3-5-9-16)11-12-19(26)22-23-20(27)18-10-6-7-13-21-18/h3-13H,1-2H3,(H,22,26)(H,23,27)/b12-11+. The van der Waals surface area contributed by atoms with E-state index in [1.807, 2.05) is 48.9 Å². The number of aromatic nitrogens is 3. The summed E-state index contributed by atoms with van der Waals surface area (Å²) < 4.78 is 1.83. The van der Waals surface area contributed by atoms with Gasteiger partial charge in [-0.2, -0.15) is 5.10 Å². The fourth-order valence-corrected chi connectivity index (χ4v) is 2.60. The lowest BCUT2D eigenvalue weighted by Crippen LogP contribution is -2.41. The van der Waals surface area contributed by atoms with Crippen LogP contribution >= 0.6 is 0 Å². The highest BCUT2D eigenvalue weighted by Gasteiger charge is 2.11. The Morgan fingerprint density at radius 3 is 2.44 bits per heavy atom. The van der Waals surface area contributed by atoms with E-state index < -0.39 is 11.8 Å². The summed E-state index contributed by atoms with van der Waals surface area (Å²) in [7, 11) is 0. The quantitative estimate of drug-likeness (QED) is 0.551. The molecule has 0 saturated carbocycles. The van der Waals surface area contributed by atoms with Crippen molar-refractivity contribution in [1.29, 1.82) is 0 Å². The van der Waals surface area contributed by atoms with Crippen LogP contribution in [0.25, 0.3) is 11.8 Å². The molecule has 0 bridgehead atoms. The number of benzene rings is 1. The Bertz CT molecular complexity index is 978. The van der Waals surface area contributed by atoms with Gasteiger partial charge in [0.2, 0.25) is 0 Å². The van der Waals surface area contributed by atoms with Gasteiger partial charge in [0, 0.05) is 23.5 Å². The largest absolute Gasteiger partial charge is 0.288 e. The third kappa shape index (κ3) is 4.27. The van der Waals surface area contributed by atoms with E-state index in [1.165, 1.54) is 12.3 Å². The molecule has 0 aliphatic heterocycles. The van der Waals surface area contributed by atoms with Crippen LogP contribution < -0.4 is 10.9 Å². The molecule has 136 valence electrons. The Hall–Kier alpha value is -3.74. The predicted octanol–water partition coefficient (Wildman–Crippen LogP) is 2.36. The monoisotopic (exact) mass is 361 g/mol. The van der Waals surface area contributed by atoms with E-state index in [0.29, 0.717) is 0 Å². The van der Waals surface area contributed by atoms with Crippen LogP contribution in [-0.4, -0.2) is 26.6 Å². The zero-order valence-corrected chi connectivity index (χ0v) is 15.0. The summed E-state index contributed by atoms with van der Waals surface area (Å²) in [5.74, 6) is -0.938. The summed E-state index contributed by atoms with van der Waals surface area (Å²) in [6, 6.07) is 14.7. The smallest absolute Gasteiger partial charge is 0.268 e. The van der Waals surface area contributed by atoms with Crippen LogP contribution in [0.1, 0.15) is 27.4 Å². The second kappa shape index (κ2) is 8.09. The van der Waals surface area contributed by atoms with Gasteiger partial charge in [-0.05, 0) is 44.2 Å². The second-order valence-electron chi connectivity index (χ2n) is 5.82. The number of amides is 2. The number of aryl methyl sites for hydroxylation is 1. The SMILES string of the molecule is Cc1nn(-c2ccccc2)c(C)c1/C=C/C(=O)NNC(=O)c1ccccn1. The maximum Gasteiger partial charge on any atom is 0.288 e. The third-order valence-electron chi connectivity index (χ3n) is 3.95. The normalized spacial score (nSPS) is 10.7. The van der Waals surface area contributed by atoms with Crippen LogP contribution in [-0.2, 0) is 4.79 Å². The molecule has 3 rings (SSSR count). The van der Waals surface area contributed by atoms with Crippen LogP contribution in [0.15, 0.2) is 60.8 Å². The first-order valence-corrected chi connectivity index (χ1v) is 8.37. The number of carbonyl (C=O) groups excluding carboxylic acids is 2. The van der Waals surface area contributed by atoms with Crippen molar-refractivity contribution in [2.45, 2.75) is 13.8 Å². The highest BCUT2D eigenvalue weighted by Crippen LogP contribution is 2.18. The highest BCUT2D eigenvalue weighted by molar-refractivity contribution is 5.96. The summed E-state index contributed by atoms with van der Waals surface area (Å²) in [6.07, 6.45) is 4.54. The van der Waals surface area contributed by atoms with E-state index >= 15 is 0 Å². The molecule has 0 spiro atoms. The molecule has 7 nitrogen and oxygen atoms in total. The van der Waals surface area contributed by atoms with E-state index in [0.717, 1.165) is 22.6 Å². The molecule has 0 aliphatic rings. The van der Waals surface area contributed by atoms with Gasteiger partial charge in [-0.1, -0.05) is 24.3 Å². The summed E-state index contributed by atoms with van der Waals surface area (Å²) in [5, 5.41) is 4.53. The Labute approximate surface area is 156 Å². The van der Waals surface area contributed by atoms with Gasteiger partial charge in [-0.3, -0.25) is 25.4 Å². The number of rotatable bonds is 4. The molecule has 0 atom stereocenters. The molecule has 2 heterocycles. The molecule has 0 unspecified atom stereocenters. The number of nitrogens with zero attached hydrogens (tertiary/aromatic N) is 3. The van der Waals surface area contributed by atoms with Gasteiger partial charge < -0.3 is 0 Å². The van der Waals surface area contributed by atoms with Gasteiger partial charge in [-0.15, -0.1) is 0 Å². The minimum atomic E-state index is -0.485. The van der Waals surface area contributed by atoms with Crippen LogP contribution in [0, 0.1) is 13.8 Å². The molecule has 2 N–H and O–H groups in total. The van der Waals surface area contributed by atoms with Crippen molar-refractivity contribution in [2.75, 3.05) is 0 Å². The van der Waals surface area contributed by atoms with Gasteiger partial charge in [0.25, 0.3) is 11.8 Å². The molecule has 7 heteroatoms. The fourth-order valence-electron chi connectivity index (χ4n) is 2.60. The zero-order chi connectivity index (χ0) is 19.2. The van der Waals surface area contributed by atoms with E-state index in [9.17, 15) is 9.59 Å². The lowest BCUT2D eigenvalue weighted by Gasteiger charge is -2.04. The molecule has 2 amide bonds. The minimum Gasteiger partial charge on any atom is -0.268 e. The summed E-state index contributed by atoms with van der Waals surface area (Å²) in [6.45, 7) is 3.82. The molecule has 2 aromatic heterocycles. The predicted molar refractivity (Wildman–Crippen MR) is 102 cm³/mol. The lowest BCUT2D eigenvalue weighted by molar-refractivity contribution is -0.117. The van der Waals surface area contributed by atoms with Gasteiger partial charge in [0.05, 0.1) is 11.4 Å². The van der Waals surface area contributed by atoms with Crippen molar-refractivity contribution >= 4 is 17.9 Å². The molecule has 3 aromatic rings. The lowest BCUT2D eigenvalue weighted by atomic mass is 10.2. The van der Waals surface area contributed by atoms with E-state index in [4.69, 9.17) is 0 Å². The maximum absolute atomic E-state index is 12.0. The van der Waals surface area contributed by atoms with Crippen LogP contribution in [0.2, 0.25) is 0 Å². The Morgan fingerprint density at radius 2 is 1.74 bits per heavy atom. The Morgan fingerprint density at radius 1 is 1.00 bits per heavy atom. The molecule has 0 saturated heterocycles. The van der Waals surface area contributed by atoms with Crippen LogP contribution in [0.3, 0.4) is 0 Å². The third-order valence-corrected chi connectivity index (χ3v) is 3.95. The van der Waals surface area contributed by atoms with Crippen molar-refractivity contribution in [3.63, 3.8) is 0 Å². The summed E-state index contributed by atoms with van der Waals surface area (Å²) in [5.41, 5.74) is 8.40. The molecule has 0 aliphatic carbocycles. The van der Waals surface area contributed by atoms with Gasteiger partial charge >= 0.3 is 0 Å². The number of hydrazine groups is 1. The second-order valence-corrected chi connectivity index (χ2v) is 5.82. The minimum absolute atomic E-state index is 0.220. The number of pyridine rings is 1. The zero-order valence-electron chi connectivity index (χ0n) is 15.0. The van der Waals surface area contributed by atoms with Crippen molar-refractivity contribution in [1.82, 2.24) is 25.6 Å². The molecular weight excluding hydrogens is 342 g/mol. The van der Waals surface area contributed by atoms with Gasteiger partial charge in [0.15, 0.2) is 0 Å². The first-order valence-electron chi connectivity index (χ1n) is 8.37. The summed E-state index contributed by atoms with van der Waals surface area (Å²) in [4.78, 5) is 27.8. The first kappa shape index (κ1) is 18.1. The first-order chi connectivity index (χ1) is 13.1. The average molecular weight is 361 g/mol. The van der Waals surface area contributed by atoms with Crippen LogP contribution in [0.5, 0.6) is 0 Å². The maximum atomic E-state index is 12.0. The molecule has 27 heavy (non-hydrogen) atoms. The van der Waals surface area contributed by atoms with Crippen molar-refractivity contribution in [3.8, 4) is 5.69 Å². The van der Waals surface area contributed by atoms with Crippen molar-refractivity contribution in [2.24, 2.45) is 0 Å². The number of para-hydroxylation sites is 1. The van der Waals surface area contributed by atoms with E-state index in [1.54, 1.807) is 24.3 Å². The highest BCUT2D eigenvalue weighted by atomic mass is 16.2. The topological polar surface area (TPSA) is 88.9 Å². The molecular formula is C20H19N5O2. The number of nitrogens with one attached hydrogen (secondary N) is 2. The Balaban J connectivity index is 1.66. The molecule has 1 aromatic carbocycles. The average Bonchev–Trinajstić information content (AvgIpc) is 2.99. The van der Waals surface area contributed by atoms with Gasteiger partial charge in [-0.25, -0.2) is 4.68 Å². The van der Waals surface area contributed by atoms with Crippen molar-refractivity contribution < 1.29 is 9.59 Å². The van der Waals surface area contributed by atoms with Gasteiger partial charge in [0.1, 0.15) is 5.69 Å². The molecule has 0 radical (unpaired) electrons. The summed E-state index contributed by atoms with van der Waals surface area (Å²) >= 11 is 0. The fraction of sp³-hybridized carbons (Fsp3) is 0.100. The Kier molecular flexibility index (Phi) is 5.41.